The van der Waals surface area contributed by atoms with Crippen LogP contribution in [0.1, 0.15) is 13.8 Å². The van der Waals surface area contributed by atoms with Crippen LogP contribution in [0.2, 0.25) is 0 Å². The Kier molecular flexibility index (Phi) is 7.39. The van der Waals surface area contributed by atoms with Crippen LogP contribution in [0.3, 0.4) is 0 Å². The van der Waals surface area contributed by atoms with E-state index in [0.29, 0.717) is 0 Å². The average Bonchev–Trinajstić information content (AvgIpc) is 2.91. The number of benzene rings is 2. The zero-order chi connectivity index (χ0) is 15.9. The molecule has 1 aromatic heterocycles. The van der Waals surface area contributed by atoms with E-state index in [1.54, 1.807) is 0 Å². The summed E-state index contributed by atoms with van der Waals surface area (Å²) in [6.07, 6.45) is 1.17. The molecule has 0 aliphatic rings. The van der Waals surface area contributed by atoms with Gasteiger partial charge in [0.15, 0.2) is 11.4 Å². The molecule has 3 rings (SSSR count). The number of ketones is 1. The maximum Gasteiger partial charge on any atom is 0.157 e. The fraction of sp³-hybridized carbons (Fsp3) is 0.111. The number of nitrogens with zero attached hydrogens (tertiary/aromatic N) is 1. The summed E-state index contributed by atoms with van der Waals surface area (Å²) in [7, 11) is 0. The van der Waals surface area contributed by atoms with Crippen molar-refractivity contribution >= 4 is 16.8 Å². The number of hydrogen-bond acceptors (Lipinski definition) is 4. The number of carbonyl (C=O) groups excluding carboxylic acids is 1. The number of aliphatic hydroxyl groups excluding tert-OH is 1. The number of fused-ring (bicyclic) bond motifs is 1. The predicted octanol–water partition coefficient (Wildman–Crippen LogP) is 4.33. The summed E-state index contributed by atoms with van der Waals surface area (Å²) >= 11 is 0. The first kappa shape index (κ1) is 18.8. The van der Waals surface area contributed by atoms with E-state index < -0.39 is 0 Å². The fourth-order valence-electron chi connectivity index (χ4n) is 1.91. The molecule has 0 saturated carbocycles. The van der Waals surface area contributed by atoms with Crippen LogP contribution in [0, 0.1) is 6.07 Å². The van der Waals surface area contributed by atoms with Crippen molar-refractivity contribution in [3.05, 3.63) is 66.4 Å². The minimum Gasteiger partial charge on any atom is -0.512 e. The van der Waals surface area contributed by atoms with Crippen molar-refractivity contribution < 1.29 is 34.5 Å². The van der Waals surface area contributed by atoms with Crippen LogP contribution in [-0.2, 0) is 24.9 Å². The molecule has 0 bridgehead atoms. The Morgan fingerprint density at radius 2 is 1.87 bits per heavy atom. The SMILES string of the molecule is CC(=O)/C=C(/C)O.[Ir].[c-]1ccccc1-c1noc2ccccc12. The molecule has 121 valence electrons. The molecular formula is C18H16IrNO3-. The summed E-state index contributed by atoms with van der Waals surface area (Å²) in [6.45, 7) is 2.85. The zero-order valence-electron chi connectivity index (χ0n) is 12.7. The first-order valence-electron chi connectivity index (χ1n) is 6.77. The summed E-state index contributed by atoms with van der Waals surface area (Å²) < 4.78 is 5.23. The molecule has 0 saturated heterocycles. The van der Waals surface area contributed by atoms with Crippen LogP contribution < -0.4 is 0 Å². The van der Waals surface area contributed by atoms with E-state index in [1.165, 1.54) is 19.9 Å². The van der Waals surface area contributed by atoms with Gasteiger partial charge < -0.3 is 9.63 Å². The monoisotopic (exact) mass is 487 g/mol. The van der Waals surface area contributed by atoms with Crippen molar-refractivity contribution in [2.45, 2.75) is 13.8 Å². The van der Waals surface area contributed by atoms with E-state index in [0.717, 1.165) is 22.2 Å². The maximum absolute atomic E-state index is 10.0. The molecule has 5 heteroatoms. The summed E-state index contributed by atoms with van der Waals surface area (Å²) in [5.41, 5.74) is 2.62. The topological polar surface area (TPSA) is 63.3 Å². The molecule has 2 aromatic carbocycles. The molecule has 0 spiro atoms. The summed E-state index contributed by atoms with van der Waals surface area (Å²) in [4.78, 5) is 10.0. The van der Waals surface area contributed by atoms with Crippen molar-refractivity contribution in [1.82, 2.24) is 5.16 Å². The van der Waals surface area contributed by atoms with Gasteiger partial charge in [0.25, 0.3) is 0 Å². The number of aliphatic hydroxyl groups is 1. The number of rotatable bonds is 2. The van der Waals surface area contributed by atoms with Gasteiger partial charge in [-0.15, -0.1) is 41.1 Å². The first-order valence-corrected chi connectivity index (χ1v) is 6.77. The molecule has 1 radical (unpaired) electrons. The van der Waals surface area contributed by atoms with Crippen molar-refractivity contribution in [3.63, 3.8) is 0 Å². The normalized spacial score (nSPS) is 10.4. The summed E-state index contributed by atoms with van der Waals surface area (Å²) in [5, 5.41) is 13.5. The van der Waals surface area contributed by atoms with Gasteiger partial charge in [-0.2, -0.15) is 0 Å². The van der Waals surface area contributed by atoms with Crippen molar-refractivity contribution in [3.8, 4) is 11.3 Å². The maximum atomic E-state index is 10.0. The zero-order valence-corrected chi connectivity index (χ0v) is 15.1. The van der Waals surface area contributed by atoms with Crippen LogP contribution in [0.5, 0.6) is 0 Å². The van der Waals surface area contributed by atoms with Gasteiger partial charge in [0, 0.05) is 37.3 Å². The Morgan fingerprint density at radius 3 is 2.43 bits per heavy atom. The van der Waals surface area contributed by atoms with E-state index in [1.807, 2.05) is 48.5 Å². The predicted molar refractivity (Wildman–Crippen MR) is 85.3 cm³/mol. The van der Waals surface area contributed by atoms with E-state index in [9.17, 15) is 4.79 Å². The van der Waals surface area contributed by atoms with E-state index in [-0.39, 0.29) is 31.6 Å². The van der Waals surface area contributed by atoms with Crippen LogP contribution in [0.4, 0.5) is 0 Å². The minimum atomic E-state index is -0.125. The molecule has 1 N–H and O–H groups in total. The third kappa shape index (κ3) is 5.47. The molecule has 4 nitrogen and oxygen atoms in total. The van der Waals surface area contributed by atoms with Gasteiger partial charge in [0.1, 0.15) is 0 Å². The Hall–Kier alpha value is -2.23. The van der Waals surface area contributed by atoms with Crippen molar-refractivity contribution in [2.24, 2.45) is 0 Å². The molecule has 0 aliphatic carbocycles. The molecule has 0 unspecified atom stereocenters. The van der Waals surface area contributed by atoms with Gasteiger partial charge in [-0.05, 0) is 19.9 Å². The molecule has 0 aliphatic heterocycles. The van der Waals surface area contributed by atoms with E-state index in [2.05, 4.69) is 11.2 Å². The smallest absolute Gasteiger partial charge is 0.157 e. The van der Waals surface area contributed by atoms with Gasteiger partial charge in [0.2, 0.25) is 0 Å². The van der Waals surface area contributed by atoms with Crippen molar-refractivity contribution in [2.75, 3.05) is 0 Å². The third-order valence-corrected chi connectivity index (χ3v) is 2.75. The quantitative estimate of drug-likeness (QED) is 0.333. The molecule has 3 aromatic rings. The molecule has 23 heavy (non-hydrogen) atoms. The summed E-state index contributed by atoms with van der Waals surface area (Å²) in [6, 6.07) is 18.7. The van der Waals surface area contributed by atoms with Crippen LogP contribution in [-0.4, -0.2) is 16.0 Å². The van der Waals surface area contributed by atoms with E-state index >= 15 is 0 Å². The third-order valence-electron chi connectivity index (χ3n) is 2.75. The molecule has 1 heterocycles. The Balaban J connectivity index is 0.000000287. The summed E-state index contributed by atoms with van der Waals surface area (Å²) in [5.74, 6) is -0.0625. The molecule has 0 fully saturated rings. The number of para-hydroxylation sites is 1. The number of hydrogen-bond donors (Lipinski definition) is 1. The van der Waals surface area contributed by atoms with Gasteiger partial charge >= 0.3 is 0 Å². The largest absolute Gasteiger partial charge is 0.512 e. The van der Waals surface area contributed by atoms with Crippen molar-refractivity contribution in [1.29, 1.82) is 0 Å². The second-order valence-corrected chi connectivity index (χ2v) is 4.70. The molecular weight excluding hydrogens is 470 g/mol. The molecule has 0 amide bonds. The Labute approximate surface area is 148 Å². The van der Waals surface area contributed by atoms with Gasteiger partial charge in [-0.3, -0.25) is 4.79 Å². The van der Waals surface area contributed by atoms with Gasteiger partial charge in [-0.1, -0.05) is 18.2 Å². The van der Waals surface area contributed by atoms with Crippen LogP contribution in [0.15, 0.2) is 64.9 Å². The van der Waals surface area contributed by atoms with Crippen LogP contribution >= 0.6 is 0 Å². The van der Waals surface area contributed by atoms with E-state index in [4.69, 9.17) is 9.63 Å². The molecule has 0 atom stereocenters. The van der Waals surface area contributed by atoms with Gasteiger partial charge in [-0.25, -0.2) is 0 Å². The van der Waals surface area contributed by atoms with Crippen LogP contribution in [0.25, 0.3) is 22.2 Å². The first-order chi connectivity index (χ1) is 10.6. The van der Waals surface area contributed by atoms with Gasteiger partial charge in [0.05, 0.1) is 5.76 Å². The Bertz CT molecular complexity index is 790. The number of carbonyl (C=O) groups is 1. The minimum absolute atomic E-state index is 0. The Morgan fingerprint density at radius 1 is 1.17 bits per heavy atom. The fourth-order valence-corrected chi connectivity index (χ4v) is 1.91. The average molecular weight is 487 g/mol. The standard InChI is InChI=1S/C13H8NO.C5H8O2.Ir/c1-2-6-10(7-3-1)13-11-8-4-5-9-12(11)15-14-13;1-4(6)3-5(2)7;/h1-6,8-9H;3,6H,1-2H3;/q-1;;/b;4-3-;. The second-order valence-electron chi connectivity index (χ2n) is 4.70. The number of allylic oxidation sites excluding steroid dienone is 2. The number of aromatic nitrogens is 1. The second kappa shape index (κ2) is 9.03.